The number of hydrogen-bond acceptors (Lipinski definition) is 5. The highest BCUT2D eigenvalue weighted by Crippen LogP contribution is 2.31. The van der Waals surface area contributed by atoms with Crippen molar-refractivity contribution in [1.29, 1.82) is 0 Å². The van der Waals surface area contributed by atoms with Gasteiger partial charge in [0.15, 0.2) is 5.82 Å². The number of nitrogens with zero attached hydrogens (tertiary/aromatic N) is 4. The van der Waals surface area contributed by atoms with Gasteiger partial charge in [-0.25, -0.2) is 0 Å². The predicted octanol–water partition coefficient (Wildman–Crippen LogP) is 1.74. The summed E-state index contributed by atoms with van der Waals surface area (Å²) < 4.78 is 0. The van der Waals surface area contributed by atoms with Crippen LogP contribution in [0.1, 0.15) is 25.3 Å². The monoisotopic (exact) mass is 286 g/mol. The van der Waals surface area contributed by atoms with E-state index >= 15 is 0 Å². The smallest absolute Gasteiger partial charge is 0.245 e. The number of piperidine rings is 1. The van der Waals surface area contributed by atoms with Gasteiger partial charge in [-0.05, 0) is 43.4 Å². The SMILES string of the molecule is Cc1cncc(-c2nc(N3CCC(C)(CN)CC3)n[nH]2)c1. The minimum Gasteiger partial charge on any atom is -0.339 e. The van der Waals surface area contributed by atoms with E-state index in [1.54, 1.807) is 6.20 Å². The molecule has 1 fully saturated rings. The van der Waals surface area contributed by atoms with Crippen LogP contribution in [-0.2, 0) is 0 Å². The number of rotatable bonds is 3. The summed E-state index contributed by atoms with van der Waals surface area (Å²) in [6.07, 6.45) is 5.80. The molecule has 0 spiro atoms. The molecule has 3 heterocycles. The third-order valence-corrected chi connectivity index (χ3v) is 4.37. The van der Waals surface area contributed by atoms with E-state index in [0.717, 1.165) is 55.4 Å². The highest BCUT2D eigenvalue weighted by Gasteiger charge is 2.30. The molecule has 0 aliphatic carbocycles. The highest BCUT2D eigenvalue weighted by atomic mass is 15.4. The van der Waals surface area contributed by atoms with Gasteiger partial charge in [-0.15, -0.1) is 5.10 Å². The van der Waals surface area contributed by atoms with Crippen LogP contribution in [0.15, 0.2) is 18.5 Å². The van der Waals surface area contributed by atoms with E-state index < -0.39 is 0 Å². The zero-order valence-corrected chi connectivity index (χ0v) is 12.6. The number of nitrogens with one attached hydrogen (secondary N) is 1. The van der Waals surface area contributed by atoms with E-state index in [0.29, 0.717) is 0 Å². The Morgan fingerprint density at radius 2 is 2.10 bits per heavy atom. The van der Waals surface area contributed by atoms with Gasteiger partial charge in [-0.3, -0.25) is 10.1 Å². The molecule has 0 radical (unpaired) electrons. The zero-order valence-electron chi connectivity index (χ0n) is 12.6. The van der Waals surface area contributed by atoms with Gasteiger partial charge in [0.2, 0.25) is 5.95 Å². The molecule has 2 aromatic rings. The Balaban J connectivity index is 1.74. The molecule has 0 saturated carbocycles. The summed E-state index contributed by atoms with van der Waals surface area (Å²) in [5.41, 5.74) is 8.20. The Hall–Kier alpha value is -1.95. The van der Waals surface area contributed by atoms with Crippen molar-refractivity contribution in [1.82, 2.24) is 20.2 Å². The molecule has 3 rings (SSSR count). The second-order valence-electron chi connectivity index (χ2n) is 6.24. The van der Waals surface area contributed by atoms with Crippen molar-refractivity contribution in [2.24, 2.45) is 11.1 Å². The van der Waals surface area contributed by atoms with Gasteiger partial charge in [-0.2, -0.15) is 4.98 Å². The molecule has 3 N–H and O–H groups in total. The van der Waals surface area contributed by atoms with E-state index in [4.69, 9.17) is 5.73 Å². The molecule has 0 aromatic carbocycles. The second-order valence-corrected chi connectivity index (χ2v) is 6.24. The van der Waals surface area contributed by atoms with Gasteiger partial charge >= 0.3 is 0 Å². The quantitative estimate of drug-likeness (QED) is 0.898. The summed E-state index contributed by atoms with van der Waals surface area (Å²) in [4.78, 5) is 11.0. The largest absolute Gasteiger partial charge is 0.339 e. The standard InChI is InChI=1S/C15H22N6/c1-11-7-12(9-17-8-11)13-18-14(20-19-13)21-5-3-15(2,10-16)4-6-21/h7-9H,3-6,10,16H2,1-2H3,(H,18,19,20). The van der Waals surface area contributed by atoms with Gasteiger partial charge in [0.25, 0.3) is 0 Å². The van der Waals surface area contributed by atoms with Crippen molar-refractivity contribution >= 4 is 5.95 Å². The number of aryl methyl sites for hydroxylation is 1. The van der Waals surface area contributed by atoms with Crippen LogP contribution < -0.4 is 10.6 Å². The number of anilines is 1. The predicted molar refractivity (Wildman–Crippen MR) is 83.0 cm³/mol. The number of aromatic amines is 1. The number of aromatic nitrogens is 4. The van der Waals surface area contributed by atoms with Crippen molar-refractivity contribution in [3.8, 4) is 11.4 Å². The van der Waals surface area contributed by atoms with Crippen LogP contribution >= 0.6 is 0 Å². The number of nitrogens with two attached hydrogens (primary N) is 1. The fourth-order valence-corrected chi connectivity index (χ4v) is 2.66. The Kier molecular flexibility index (Phi) is 3.63. The van der Waals surface area contributed by atoms with Crippen molar-refractivity contribution in [3.05, 3.63) is 24.0 Å². The molecule has 0 unspecified atom stereocenters. The normalized spacial score (nSPS) is 18.0. The van der Waals surface area contributed by atoms with Crippen LogP contribution in [-0.4, -0.2) is 39.8 Å². The molecule has 1 aliphatic rings. The van der Waals surface area contributed by atoms with Crippen molar-refractivity contribution in [3.63, 3.8) is 0 Å². The van der Waals surface area contributed by atoms with Crippen LogP contribution in [0.3, 0.4) is 0 Å². The fraction of sp³-hybridized carbons (Fsp3) is 0.533. The summed E-state index contributed by atoms with van der Waals surface area (Å²) in [7, 11) is 0. The Bertz CT molecular complexity index is 612. The van der Waals surface area contributed by atoms with Gasteiger partial charge in [0, 0.05) is 31.0 Å². The van der Waals surface area contributed by atoms with Gasteiger partial charge in [0.1, 0.15) is 0 Å². The third-order valence-electron chi connectivity index (χ3n) is 4.37. The molecule has 0 bridgehead atoms. The molecule has 0 amide bonds. The van der Waals surface area contributed by atoms with Crippen molar-refractivity contribution < 1.29 is 0 Å². The van der Waals surface area contributed by atoms with Gasteiger partial charge in [-0.1, -0.05) is 6.92 Å². The lowest BCUT2D eigenvalue weighted by atomic mass is 9.81. The first-order valence-electron chi connectivity index (χ1n) is 7.39. The van der Waals surface area contributed by atoms with Crippen LogP contribution in [0, 0.1) is 12.3 Å². The molecule has 1 saturated heterocycles. The summed E-state index contributed by atoms with van der Waals surface area (Å²) in [6.45, 7) is 6.93. The van der Waals surface area contributed by atoms with E-state index in [1.807, 2.05) is 13.1 Å². The van der Waals surface area contributed by atoms with E-state index in [9.17, 15) is 0 Å². The summed E-state index contributed by atoms with van der Waals surface area (Å²) >= 11 is 0. The summed E-state index contributed by atoms with van der Waals surface area (Å²) in [5, 5.41) is 7.36. The van der Waals surface area contributed by atoms with E-state index in [1.165, 1.54) is 0 Å². The maximum absolute atomic E-state index is 5.85. The summed E-state index contributed by atoms with van der Waals surface area (Å²) in [6, 6.07) is 2.05. The first kappa shape index (κ1) is 14.0. The molecule has 6 nitrogen and oxygen atoms in total. The van der Waals surface area contributed by atoms with Crippen molar-refractivity contribution in [2.75, 3.05) is 24.5 Å². The highest BCUT2D eigenvalue weighted by molar-refractivity contribution is 5.55. The lowest BCUT2D eigenvalue weighted by molar-refractivity contribution is 0.257. The maximum Gasteiger partial charge on any atom is 0.245 e. The number of pyridine rings is 1. The topological polar surface area (TPSA) is 83.7 Å². The molecule has 21 heavy (non-hydrogen) atoms. The van der Waals surface area contributed by atoms with Crippen LogP contribution in [0.5, 0.6) is 0 Å². The molecule has 1 aliphatic heterocycles. The molecular weight excluding hydrogens is 264 g/mol. The van der Waals surface area contributed by atoms with E-state index in [-0.39, 0.29) is 5.41 Å². The average Bonchev–Trinajstić information content (AvgIpc) is 2.98. The Morgan fingerprint density at radius 3 is 2.76 bits per heavy atom. The Morgan fingerprint density at radius 1 is 1.33 bits per heavy atom. The summed E-state index contributed by atoms with van der Waals surface area (Å²) in [5.74, 6) is 1.54. The first-order chi connectivity index (χ1) is 10.1. The minimum absolute atomic E-state index is 0.260. The maximum atomic E-state index is 5.85. The van der Waals surface area contributed by atoms with Crippen molar-refractivity contribution in [2.45, 2.75) is 26.7 Å². The van der Waals surface area contributed by atoms with Crippen LogP contribution in [0.25, 0.3) is 11.4 Å². The molecule has 0 atom stereocenters. The first-order valence-corrected chi connectivity index (χ1v) is 7.39. The van der Waals surface area contributed by atoms with E-state index in [2.05, 4.69) is 38.1 Å². The van der Waals surface area contributed by atoms with Gasteiger partial charge in [0.05, 0.1) is 0 Å². The van der Waals surface area contributed by atoms with Gasteiger partial charge < -0.3 is 10.6 Å². The van der Waals surface area contributed by atoms with Crippen LogP contribution in [0.2, 0.25) is 0 Å². The zero-order chi connectivity index (χ0) is 14.9. The number of H-pyrrole nitrogens is 1. The molecule has 112 valence electrons. The second kappa shape index (κ2) is 5.44. The minimum atomic E-state index is 0.260. The lowest BCUT2D eigenvalue weighted by Gasteiger charge is -2.38. The fourth-order valence-electron chi connectivity index (χ4n) is 2.66. The number of hydrogen-bond donors (Lipinski definition) is 2. The molecular formula is C15H22N6. The Labute approximate surface area is 124 Å². The third kappa shape index (κ3) is 2.90. The van der Waals surface area contributed by atoms with Crippen LogP contribution in [0.4, 0.5) is 5.95 Å². The molecule has 2 aromatic heterocycles. The lowest BCUT2D eigenvalue weighted by Crippen LogP contribution is -2.42. The molecule has 6 heteroatoms. The average molecular weight is 286 g/mol.